The molecule has 5 aromatic rings. The first-order valence-corrected chi connectivity index (χ1v) is 10.5. The van der Waals surface area contributed by atoms with Gasteiger partial charge in [0.2, 0.25) is 5.82 Å². The van der Waals surface area contributed by atoms with Gasteiger partial charge >= 0.3 is 12.1 Å². The van der Waals surface area contributed by atoms with E-state index in [2.05, 4.69) is 24.9 Å². The maximum Gasteiger partial charge on any atom is 0.471 e. The third-order valence-corrected chi connectivity index (χ3v) is 5.26. The lowest BCUT2D eigenvalue weighted by atomic mass is 10.1. The summed E-state index contributed by atoms with van der Waals surface area (Å²) in [5.74, 6) is 0.185. The van der Waals surface area contributed by atoms with E-state index in [1.54, 1.807) is 67.8 Å². The van der Waals surface area contributed by atoms with E-state index in [-0.39, 0.29) is 5.82 Å². The summed E-state index contributed by atoms with van der Waals surface area (Å²) >= 11 is 6.37. The molecule has 0 amide bonds. The molecule has 8 nitrogen and oxygen atoms in total. The molecular formula is C23H15ClF3N5O3. The van der Waals surface area contributed by atoms with Crippen molar-refractivity contribution in [1.29, 1.82) is 0 Å². The molecule has 0 N–H and O–H groups in total. The molecule has 2 aromatic heterocycles. The lowest BCUT2D eigenvalue weighted by Crippen LogP contribution is -2.05. The number of fused-ring (bicyclic) bond motifs is 1. The summed E-state index contributed by atoms with van der Waals surface area (Å²) < 4.78 is 53.3. The standard InChI is InChI=1S/C23H15ClF3N5O3/c1-33-15-6-8-16(9-7-15)34-20-11-19-18(10-17(20)24)29-32(30-19)12-13-2-4-14(5-3-13)21-28-22(35-31-21)23(25,26)27/h2-11H,12H2,1H3. The average molecular weight is 502 g/mol. The number of alkyl halides is 3. The van der Waals surface area contributed by atoms with Crippen LogP contribution in [0.1, 0.15) is 11.5 Å². The summed E-state index contributed by atoms with van der Waals surface area (Å²) in [5.41, 5.74) is 2.37. The van der Waals surface area contributed by atoms with Gasteiger partial charge < -0.3 is 14.0 Å². The Bertz CT molecular complexity index is 1480. The van der Waals surface area contributed by atoms with Crippen molar-refractivity contribution in [2.24, 2.45) is 0 Å². The Kier molecular flexibility index (Phi) is 5.77. The second kappa shape index (κ2) is 8.91. The van der Waals surface area contributed by atoms with Crippen LogP contribution < -0.4 is 9.47 Å². The van der Waals surface area contributed by atoms with E-state index in [1.807, 2.05) is 0 Å². The molecule has 0 unspecified atom stereocenters. The normalized spacial score (nSPS) is 11.7. The zero-order valence-electron chi connectivity index (χ0n) is 18.0. The van der Waals surface area contributed by atoms with E-state index < -0.39 is 12.1 Å². The minimum Gasteiger partial charge on any atom is -0.497 e. The quantitative estimate of drug-likeness (QED) is 0.282. The molecule has 0 aliphatic rings. The molecular weight excluding hydrogens is 487 g/mol. The fourth-order valence-corrected chi connectivity index (χ4v) is 3.46. The van der Waals surface area contributed by atoms with E-state index in [1.165, 1.54) is 4.80 Å². The lowest BCUT2D eigenvalue weighted by molar-refractivity contribution is -0.159. The van der Waals surface area contributed by atoms with Crippen LogP contribution in [-0.4, -0.2) is 32.2 Å². The Morgan fingerprint density at radius 2 is 1.60 bits per heavy atom. The number of ether oxygens (including phenoxy) is 2. The largest absolute Gasteiger partial charge is 0.497 e. The highest BCUT2D eigenvalue weighted by Crippen LogP contribution is 2.33. The van der Waals surface area contributed by atoms with Crippen LogP contribution >= 0.6 is 11.6 Å². The molecule has 0 atom stereocenters. The summed E-state index contributed by atoms with van der Waals surface area (Å²) in [6.45, 7) is 0.321. The minimum atomic E-state index is -4.69. The topological polar surface area (TPSA) is 88.1 Å². The lowest BCUT2D eigenvalue weighted by Gasteiger charge is -2.08. The first kappa shape index (κ1) is 22.7. The van der Waals surface area contributed by atoms with Crippen LogP contribution in [0.2, 0.25) is 5.02 Å². The van der Waals surface area contributed by atoms with Crippen molar-refractivity contribution >= 4 is 22.6 Å². The Balaban J connectivity index is 1.32. The third-order valence-electron chi connectivity index (χ3n) is 4.97. The van der Waals surface area contributed by atoms with Gasteiger partial charge in [-0.25, -0.2) is 0 Å². The molecule has 0 saturated carbocycles. The zero-order chi connectivity index (χ0) is 24.6. The summed E-state index contributed by atoms with van der Waals surface area (Å²) in [6, 6.07) is 17.1. The number of benzene rings is 3. The van der Waals surface area contributed by atoms with Crippen molar-refractivity contribution in [2.45, 2.75) is 12.7 Å². The predicted molar refractivity (Wildman–Crippen MR) is 119 cm³/mol. The second-order valence-corrected chi connectivity index (χ2v) is 7.80. The van der Waals surface area contributed by atoms with Crippen LogP contribution in [0.15, 0.2) is 65.2 Å². The van der Waals surface area contributed by atoms with Gasteiger partial charge in [0, 0.05) is 11.6 Å². The van der Waals surface area contributed by atoms with Gasteiger partial charge in [0.25, 0.3) is 0 Å². The monoisotopic (exact) mass is 501 g/mol. The highest BCUT2D eigenvalue weighted by molar-refractivity contribution is 6.32. The fraction of sp³-hybridized carbons (Fsp3) is 0.130. The maximum atomic E-state index is 12.7. The molecule has 178 valence electrons. The minimum absolute atomic E-state index is 0.147. The molecule has 0 aliphatic heterocycles. The Labute approximate surface area is 200 Å². The van der Waals surface area contributed by atoms with Crippen LogP contribution in [0.5, 0.6) is 17.2 Å². The van der Waals surface area contributed by atoms with Crippen LogP contribution in [0, 0.1) is 0 Å². The smallest absolute Gasteiger partial charge is 0.471 e. The van der Waals surface area contributed by atoms with Crippen molar-refractivity contribution < 1.29 is 27.2 Å². The highest BCUT2D eigenvalue weighted by Gasteiger charge is 2.38. The van der Waals surface area contributed by atoms with E-state index >= 15 is 0 Å². The summed E-state index contributed by atoms with van der Waals surface area (Å²) in [6.07, 6.45) is -4.69. The molecule has 0 radical (unpaired) electrons. The van der Waals surface area contributed by atoms with Crippen molar-refractivity contribution in [3.63, 3.8) is 0 Å². The molecule has 2 heterocycles. The molecule has 5 rings (SSSR count). The Morgan fingerprint density at radius 3 is 2.23 bits per heavy atom. The van der Waals surface area contributed by atoms with Gasteiger partial charge in [0.15, 0.2) is 0 Å². The van der Waals surface area contributed by atoms with Gasteiger partial charge in [-0.15, -0.1) is 0 Å². The van der Waals surface area contributed by atoms with Crippen LogP contribution in [0.4, 0.5) is 13.2 Å². The molecule has 0 spiro atoms. The van der Waals surface area contributed by atoms with E-state index in [4.69, 9.17) is 21.1 Å². The van der Waals surface area contributed by atoms with Crippen molar-refractivity contribution in [3.05, 3.63) is 77.1 Å². The van der Waals surface area contributed by atoms with Gasteiger partial charge in [0.1, 0.15) is 28.3 Å². The molecule has 0 saturated heterocycles. The Hall–Kier alpha value is -4.12. The Morgan fingerprint density at radius 1 is 0.943 bits per heavy atom. The van der Waals surface area contributed by atoms with Crippen LogP contribution in [0.25, 0.3) is 22.4 Å². The molecule has 0 bridgehead atoms. The molecule has 0 fully saturated rings. The molecule has 35 heavy (non-hydrogen) atoms. The van der Waals surface area contributed by atoms with E-state index in [9.17, 15) is 13.2 Å². The predicted octanol–water partition coefficient (Wildman–Crippen LogP) is 6.00. The van der Waals surface area contributed by atoms with Crippen molar-refractivity contribution in [1.82, 2.24) is 25.1 Å². The first-order valence-electron chi connectivity index (χ1n) is 10.1. The second-order valence-electron chi connectivity index (χ2n) is 7.40. The van der Waals surface area contributed by atoms with Gasteiger partial charge in [-0.05, 0) is 35.9 Å². The summed E-state index contributed by atoms with van der Waals surface area (Å²) in [4.78, 5) is 4.88. The van der Waals surface area contributed by atoms with Crippen molar-refractivity contribution in [3.8, 4) is 28.6 Å². The third kappa shape index (κ3) is 4.90. The van der Waals surface area contributed by atoms with Gasteiger partial charge in [-0.2, -0.15) is 33.1 Å². The summed E-state index contributed by atoms with van der Waals surface area (Å²) in [5, 5.41) is 12.7. The zero-order valence-corrected chi connectivity index (χ0v) is 18.7. The van der Waals surface area contributed by atoms with Gasteiger partial charge in [-0.1, -0.05) is 41.0 Å². The van der Waals surface area contributed by atoms with Gasteiger partial charge in [0.05, 0.1) is 18.7 Å². The maximum absolute atomic E-state index is 12.7. The fourth-order valence-electron chi connectivity index (χ4n) is 3.26. The number of halogens is 4. The number of rotatable bonds is 6. The van der Waals surface area contributed by atoms with E-state index in [0.29, 0.717) is 45.4 Å². The number of nitrogens with zero attached hydrogens (tertiary/aromatic N) is 5. The van der Waals surface area contributed by atoms with Gasteiger partial charge in [-0.3, -0.25) is 0 Å². The van der Waals surface area contributed by atoms with E-state index in [0.717, 1.165) is 5.56 Å². The number of hydrogen-bond donors (Lipinski definition) is 0. The number of methoxy groups -OCH3 is 1. The van der Waals surface area contributed by atoms with Crippen molar-refractivity contribution in [2.75, 3.05) is 7.11 Å². The highest BCUT2D eigenvalue weighted by atomic mass is 35.5. The SMILES string of the molecule is COc1ccc(Oc2cc3nn(Cc4ccc(-c5noc(C(F)(F)F)n5)cc4)nc3cc2Cl)cc1. The first-order chi connectivity index (χ1) is 16.8. The summed E-state index contributed by atoms with van der Waals surface area (Å²) in [7, 11) is 1.58. The molecule has 0 aliphatic carbocycles. The average Bonchev–Trinajstić information content (AvgIpc) is 3.47. The van der Waals surface area contributed by atoms with Crippen LogP contribution in [0.3, 0.4) is 0 Å². The number of hydrogen-bond acceptors (Lipinski definition) is 7. The molecule has 12 heteroatoms. The van der Waals surface area contributed by atoms with Crippen LogP contribution in [-0.2, 0) is 12.7 Å². The molecule has 3 aromatic carbocycles. The number of aromatic nitrogens is 5.